The predicted octanol–water partition coefficient (Wildman–Crippen LogP) is 2.06. The fraction of sp³-hybridized carbons (Fsp3) is 0.923. The minimum atomic E-state index is 0.264. The van der Waals surface area contributed by atoms with Crippen LogP contribution in [-0.4, -0.2) is 17.5 Å². The van der Waals surface area contributed by atoms with E-state index in [4.69, 9.17) is 10.8 Å². The molecule has 4 nitrogen and oxygen atoms in total. The molecule has 0 radical (unpaired) electrons. The van der Waals surface area contributed by atoms with Gasteiger partial charge >= 0.3 is 0 Å². The molecular formula is C13H26N4. The molecule has 2 aliphatic rings. The van der Waals surface area contributed by atoms with Gasteiger partial charge in [-0.15, -0.1) is 0 Å². The lowest BCUT2D eigenvalue weighted by atomic mass is 9.75. The maximum Gasteiger partial charge on any atom is 0.206 e. The highest BCUT2D eigenvalue weighted by atomic mass is 15.3. The Morgan fingerprint density at radius 1 is 1.24 bits per heavy atom. The van der Waals surface area contributed by atoms with Crippen molar-refractivity contribution >= 4 is 5.96 Å². The van der Waals surface area contributed by atoms with E-state index in [-0.39, 0.29) is 5.54 Å². The SMILES string of the molecule is CCC1(NC(=NC2CCCCC2)NN)CCC1. The Morgan fingerprint density at radius 3 is 2.41 bits per heavy atom. The van der Waals surface area contributed by atoms with Gasteiger partial charge in [-0.1, -0.05) is 26.2 Å². The van der Waals surface area contributed by atoms with Crippen LogP contribution in [0.4, 0.5) is 0 Å². The lowest BCUT2D eigenvalue weighted by Crippen LogP contribution is -2.58. The van der Waals surface area contributed by atoms with Crippen molar-refractivity contribution in [2.24, 2.45) is 10.8 Å². The van der Waals surface area contributed by atoms with Crippen molar-refractivity contribution in [3.63, 3.8) is 0 Å². The van der Waals surface area contributed by atoms with E-state index in [1.165, 1.54) is 51.4 Å². The number of rotatable bonds is 3. The van der Waals surface area contributed by atoms with E-state index in [1.54, 1.807) is 0 Å². The van der Waals surface area contributed by atoms with Gasteiger partial charge in [-0.25, -0.2) is 10.8 Å². The van der Waals surface area contributed by atoms with E-state index in [1.807, 2.05) is 0 Å². The van der Waals surface area contributed by atoms with Gasteiger partial charge in [-0.2, -0.15) is 0 Å². The smallest absolute Gasteiger partial charge is 0.206 e. The molecule has 2 aliphatic carbocycles. The Balaban J connectivity index is 1.92. The van der Waals surface area contributed by atoms with Crippen molar-refractivity contribution in [3.05, 3.63) is 0 Å². The van der Waals surface area contributed by atoms with Gasteiger partial charge < -0.3 is 5.32 Å². The fourth-order valence-electron chi connectivity index (χ4n) is 2.92. The summed E-state index contributed by atoms with van der Waals surface area (Å²) in [4.78, 5) is 4.74. The van der Waals surface area contributed by atoms with Crippen LogP contribution < -0.4 is 16.6 Å². The molecule has 98 valence electrons. The number of hydrazine groups is 1. The van der Waals surface area contributed by atoms with Gasteiger partial charge in [-0.05, 0) is 38.5 Å². The zero-order valence-electron chi connectivity index (χ0n) is 11.0. The summed E-state index contributed by atoms with van der Waals surface area (Å²) in [5.74, 6) is 6.39. The minimum Gasteiger partial charge on any atom is -0.350 e. The van der Waals surface area contributed by atoms with Crippen LogP contribution in [0.25, 0.3) is 0 Å². The molecule has 0 unspecified atom stereocenters. The molecule has 0 aliphatic heterocycles. The van der Waals surface area contributed by atoms with Gasteiger partial charge in [0.25, 0.3) is 0 Å². The molecule has 0 bridgehead atoms. The zero-order chi connectivity index (χ0) is 12.1. The highest BCUT2D eigenvalue weighted by Gasteiger charge is 2.35. The van der Waals surface area contributed by atoms with Crippen molar-refractivity contribution in [2.75, 3.05) is 0 Å². The Labute approximate surface area is 104 Å². The third kappa shape index (κ3) is 3.12. The average Bonchev–Trinajstić information content (AvgIpc) is 2.33. The second-order valence-corrected chi connectivity index (χ2v) is 5.53. The van der Waals surface area contributed by atoms with Crippen molar-refractivity contribution in [1.82, 2.24) is 10.7 Å². The number of aliphatic imine (C=N–C) groups is 1. The van der Waals surface area contributed by atoms with Gasteiger partial charge in [0.05, 0.1) is 6.04 Å². The summed E-state index contributed by atoms with van der Waals surface area (Å²) < 4.78 is 0. The minimum absolute atomic E-state index is 0.264. The van der Waals surface area contributed by atoms with Gasteiger partial charge in [-0.3, -0.25) is 5.43 Å². The summed E-state index contributed by atoms with van der Waals surface area (Å²) in [5.41, 5.74) is 3.01. The maximum atomic E-state index is 5.59. The molecule has 4 heteroatoms. The molecule has 0 aromatic rings. The summed E-state index contributed by atoms with van der Waals surface area (Å²) >= 11 is 0. The molecule has 0 saturated heterocycles. The molecule has 2 saturated carbocycles. The van der Waals surface area contributed by atoms with Crippen molar-refractivity contribution < 1.29 is 0 Å². The quantitative estimate of drug-likeness (QED) is 0.305. The van der Waals surface area contributed by atoms with Crippen LogP contribution in [0.1, 0.15) is 64.7 Å². The average molecular weight is 238 g/mol. The summed E-state index contributed by atoms with van der Waals surface area (Å²) in [6.45, 7) is 2.24. The lowest BCUT2D eigenvalue weighted by molar-refractivity contribution is 0.207. The van der Waals surface area contributed by atoms with Crippen LogP contribution >= 0.6 is 0 Å². The largest absolute Gasteiger partial charge is 0.350 e. The van der Waals surface area contributed by atoms with Gasteiger partial charge in [0, 0.05) is 5.54 Å². The van der Waals surface area contributed by atoms with Gasteiger partial charge in [0.2, 0.25) is 5.96 Å². The first-order chi connectivity index (χ1) is 8.28. The molecule has 2 rings (SSSR count). The highest BCUT2D eigenvalue weighted by Crippen LogP contribution is 2.34. The number of guanidine groups is 1. The van der Waals surface area contributed by atoms with E-state index in [2.05, 4.69) is 17.7 Å². The van der Waals surface area contributed by atoms with Crippen LogP contribution in [0.15, 0.2) is 4.99 Å². The first-order valence-corrected chi connectivity index (χ1v) is 7.10. The van der Waals surface area contributed by atoms with Crippen LogP contribution in [0.3, 0.4) is 0 Å². The third-order valence-electron chi connectivity index (χ3n) is 4.39. The maximum absolute atomic E-state index is 5.59. The zero-order valence-corrected chi connectivity index (χ0v) is 11.0. The standard InChI is InChI=1S/C13H26N4/c1-2-13(9-6-10-13)16-12(17-14)15-11-7-4-3-5-8-11/h11H,2-10,14H2,1H3,(H2,15,16,17). The first kappa shape index (κ1) is 12.7. The lowest BCUT2D eigenvalue weighted by Gasteiger charge is -2.43. The summed E-state index contributed by atoms with van der Waals surface area (Å²) in [5, 5.41) is 3.53. The number of nitrogens with zero attached hydrogens (tertiary/aromatic N) is 1. The van der Waals surface area contributed by atoms with Crippen LogP contribution in [0.2, 0.25) is 0 Å². The second-order valence-electron chi connectivity index (χ2n) is 5.53. The van der Waals surface area contributed by atoms with Crippen molar-refractivity contribution in [3.8, 4) is 0 Å². The van der Waals surface area contributed by atoms with E-state index in [0.29, 0.717) is 6.04 Å². The molecule has 0 aromatic carbocycles. The summed E-state index contributed by atoms with van der Waals surface area (Å²) in [7, 11) is 0. The molecule has 2 fully saturated rings. The van der Waals surface area contributed by atoms with Gasteiger partial charge in [0.15, 0.2) is 0 Å². The highest BCUT2D eigenvalue weighted by molar-refractivity contribution is 5.80. The molecular weight excluding hydrogens is 212 g/mol. The molecule has 0 spiro atoms. The van der Waals surface area contributed by atoms with Crippen LogP contribution in [0, 0.1) is 0 Å². The number of hydrogen-bond acceptors (Lipinski definition) is 2. The predicted molar refractivity (Wildman–Crippen MR) is 71.6 cm³/mol. The molecule has 0 aromatic heterocycles. The Bertz CT molecular complexity index is 259. The van der Waals surface area contributed by atoms with Crippen LogP contribution in [0.5, 0.6) is 0 Å². The Kier molecular flexibility index (Phi) is 4.26. The number of nitrogens with one attached hydrogen (secondary N) is 2. The number of nitrogens with two attached hydrogens (primary N) is 1. The van der Waals surface area contributed by atoms with Crippen molar-refractivity contribution in [2.45, 2.75) is 76.3 Å². The molecule has 0 heterocycles. The Hall–Kier alpha value is -0.770. The van der Waals surface area contributed by atoms with E-state index in [9.17, 15) is 0 Å². The Morgan fingerprint density at radius 2 is 1.94 bits per heavy atom. The fourth-order valence-corrected chi connectivity index (χ4v) is 2.92. The molecule has 17 heavy (non-hydrogen) atoms. The van der Waals surface area contributed by atoms with E-state index >= 15 is 0 Å². The normalized spacial score (nSPS) is 25.2. The monoisotopic (exact) mass is 238 g/mol. The van der Waals surface area contributed by atoms with Gasteiger partial charge in [0.1, 0.15) is 0 Å². The molecule has 0 atom stereocenters. The van der Waals surface area contributed by atoms with Crippen molar-refractivity contribution in [1.29, 1.82) is 0 Å². The second kappa shape index (κ2) is 5.71. The van der Waals surface area contributed by atoms with Crippen LogP contribution in [-0.2, 0) is 0 Å². The summed E-state index contributed by atoms with van der Waals surface area (Å²) in [6.07, 6.45) is 11.4. The number of hydrogen-bond donors (Lipinski definition) is 3. The third-order valence-corrected chi connectivity index (χ3v) is 4.39. The first-order valence-electron chi connectivity index (χ1n) is 7.10. The van der Waals surface area contributed by atoms with E-state index in [0.717, 1.165) is 12.4 Å². The molecule has 0 amide bonds. The van der Waals surface area contributed by atoms with E-state index < -0.39 is 0 Å². The summed E-state index contributed by atoms with van der Waals surface area (Å²) in [6, 6.07) is 0.469. The topological polar surface area (TPSA) is 62.4 Å². The molecule has 4 N–H and O–H groups in total.